The summed E-state index contributed by atoms with van der Waals surface area (Å²) < 4.78 is 14.4. The van der Waals surface area contributed by atoms with E-state index in [4.69, 9.17) is 21.7 Å². The summed E-state index contributed by atoms with van der Waals surface area (Å²) in [5, 5.41) is 10.8. The van der Waals surface area contributed by atoms with Gasteiger partial charge in [-0.3, -0.25) is 4.90 Å². The van der Waals surface area contributed by atoms with Crippen molar-refractivity contribution in [3.05, 3.63) is 71.0 Å². The number of benzene rings is 3. The highest BCUT2D eigenvalue weighted by Gasteiger charge is 2.09. The van der Waals surface area contributed by atoms with E-state index in [1.54, 1.807) is 23.6 Å². The SMILES string of the molecule is COc1ccc(-n2nnn(CN(C)Cc3ccc4cc(OC)ccc4c3)c2=S)cc1. The third-order valence-corrected chi connectivity index (χ3v) is 5.28. The second-order valence-electron chi connectivity index (χ2n) is 7.07. The molecule has 0 atom stereocenters. The summed E-state index contributed by atoms with van der Waals surface area (Å²) in [4.78, 5) is 2.15. The Balaban J connectivity index is 1.47. The zero-order valence-corrected chi connectivity index (χ0v) is 18.0. The van der Waals surface area contributed by atoms with Crippen LogP contribution in [0.25, 0.3) is 16.5 Å². The molecule has 0 aliphatic heterocycles. The summed E-state index contributed by atoms with van der Waals surface area (Å²) in [5.74, 6) is 1.65. The number of fused-ring (bicyclic) bond motifs is 1. The largest absolute Gasteiger partial charge is 0.497 e. The molecule has 0 radical (unpaired) electrons. The molecule has 0 amide bonds. The summed E-state index contributed by atoms with van der Waals surface area (Å²) >= 11 is 5.57. The van der Waals surface area contributed by atoms with Crippen LogP contribution in [0.2, 0.25) is 0 Å². The standard InChI is InChI=1S/C22H23N5O2S/c1-25(14-16-4-5-18-13-21(29-3)9-6-17(18)12-16)15-26-22(30)27(24-23-26)19-7-10-20(28-2)11-8-19/h4-13H,14-15H2,1-3H3. The lowest BCUT2D eigenvalue weighted by Gasteiger charge is -2.16. The second-order valence-corrected chi connectivity index (χ2v) is 7.44. The number of methoxy groups -OCH3 is 2. The van der Waals surface area contributed by atoms with Crippen molar-refractivity contribution in [1.29, 1.82) is 0 Å². The van der Waals surface area contributed by atoms with Gasteiger partial charge >= 0.3 is 0 Å². The normalized spacial score (nSPS) is 11.2. The zero-order chi connectivity index (χ0) is 21.1. The minimum Gasteiger partial charge on any atom is -0.497 e. The van der Waals surface area contributed by atoms with Gasteiger partial charge in [0.15, 0.2) is 0 Å². The average molecular weight is 422 g/mol. The van der Waals surface area contributed by atoms with Crippen LogP contribution in [0.1, 0.15) is 5.56 Å². The molecule has 4 aromatic rings. The lowest BCUT2D eigenvalue weighted by atomic mass is 10.1. The number of hydrogen-bond acceptors (Lipinski definition) is 6. The minimum absolute atomic E-state index is 0.537. The molecule has 0 bridgehead atoms. The van der Waals surface area contributed by atoms with Crippen LogP contribution in [0.5, 0.6) is 11.5 Å². The molecule has 154 valence electrons. The third kappa shape index (κ3) is 4.19. The maximum Gasteiger partial charge on any atom is 0.221 e. The van der Waals surface area contributed by atoms with Gasteiger partial charge in [0.05, 0.1) is 26.6 Å². The summed E-state index contributed by atoms with van der Waals surface area (Å²) in [5.41, 5.74) is 2.06. The van der Waals surface area contributed by atoms with Gasteiger partial charge in [0.1, 0.15) is 11.5 Å². The lowest BCUT2D eigenvalue weighted by molar-refractivity contribution is 0.242. The molecule has 0 fully saturated rings. The number of nitrogens with zero attached hydrogens (tertiary/aromatic N) is 5. The van der Waals surface area contributed by atoms with Gasteiger partial charge in [-0.1, -0.05) is 18.2 Å². The second kappa shape index (κ2) is 8.64. The molecule has 4 rings (SSSR count). The van der Waals surface area contributed by atoms with Crippen LogP contribution in [0.15, 0.2) is 60.7 Å². The molecule has 1 heterocycles. The molecule has 0 spiro atoms. The first kappa shape index (κ1) is 20.1. The quantitative estimate of drug-likeness (QED) is 0.420. The van der Waals surface area contributed by atoms with E-state index in [0.717, 1.165) is 29.1 Å². The fourth-order valence-corrected chi connectivity index (χ4v) is 3.57. The Morgan fingerprint density at radius 1 is 0.867 bits per heavy atom. The molecule has 0 saturated carbocycles. The third-order valence-electron chi connectivity index (χ3n) is 4.90. The molecule has 8 heteroatoms. The smallest absolute Gasteiger partial charge is 0.221 e. The summed E-state index contributed by atoms with van der Waals surface area (Å²) in [6.45, 7) is 1.30. The Hall–Kier alpha value is -3.23. The molecule has 3 aromatic carbocycles. The first-order valence-corrected chi connectivity index (χ1v) is 9.90. The Bertz CT molecular complexity index is 1220. The van der Waals surface area contributed by atoms with Gasteiger partial charge in [-0.2, -0.15) is 4.68 Å². The van der Waals surface area contributed by atoms with Gasteiger partial charge in [0.25, 0.3) is 0 Å². The molecule has 7 nitrogen and oxygen atoms in total. The first-order chi connectivity index (χ1) is 14.6. The Morgan fingerprint density at radius 3 is 2.27 bits per heavy atom. The van der Waals surface area contributed by atoms with Crippen LogP contribution >= 0.6 is 12.2 Å². The van der Waals surface area contributed by atoms with Crippen molar-refractivity contribution in [2.75, 3.05) is 21.3 Å². The van der Waals surface area contributed by atoms with Gasteiger partial charge in [-0.15, -0.1) is 0 Å². The minimum atomic E-state index is 0.537. The van der Waals surface area contributed by atoms with E-state index in [0.29, 0.717) is 11.4 Å². The molecule has 30 heavy (non-hydrogen) atoms. The van der Waals surface area contributed by atoms with Gasteiger partial charge in [-0.25, -0.2) is 4.68 Å². The molecule has 1 aromatic heterocycles. The Kier molecular flexibility index (Phi) is 5.78. The number of aromatic nitrogens is 4. The van der Waals surface area contributed by atoms with Crippen molar-refractivity contribution in [3.63, 3.8) is 0 Å². The van der Waals surface area contributed by atoms with Crippen LogP contribution in [-0.2, 0) is 13.2 Å². The Morgan fingerprint density at radius 2 is 1.53 bits per heavy atom. The number of ether oxygens (including phenoxy) is 2. The van der Waals surface area contributed by atoms with Crippen LogP contribution in [0.4, 0.5) is 0 Å². The van der Waals surface area contributed by atoms with Crippen molar-refractivity contribution < 1.29 is 9.47 Å². The highest BCUT2D eigenvalue weighted by Crippen LogP contribution is 2.22. The number of tetrazole rings is 1. The topological polar surface area (TPSA) is 57.3 Å². The fraction of sp³-hybridized carbons (Fsp3) is 0.227. The summed E-state index contributed by atoms with van der Waals surface area (Å²) in [6.07, 6.45) is 0. The van der Waals surface area contributed by atoms with Crippen LogP contribution in [0, 0.1) is 4.77 Å². The highest BCUT2D eigenvalue weighted by atomic mass is 32.1. The molecule has 0 N–H and O–H groups in total. The van der Waals surface area contributed by atoms with Gasteiger partial charge in [-0.05, 0) is 88.5 Å². The predicted octanol–water partition coefficient (Wildman–Crippen LogP) is 4.06. The molecule has 0 aliphatic carbocycles. The van der Waals surface area contributed by atoms with Crippen molar-refractivity contribution in [2.45, 2.75) is 13.2 Å². The van der Waals surface area contributed by atoms with Crippen LogP contribution < -0.4 is 9.47 Å². The molecule has 0 saturated heterocycles. The van der Waals surface area contributed by atoms with E-state index in [9.17, 15) is 0 Å². The molecule has 0 aliphatic rings. The van der Waals surface area contributed by atoms with E-state index >= 15 is 0 Å². The van der Waals surface area contributed by atoms with Gasteiger partial charge in [0.2, 0.25) is 4.77 Å². The van der Waals surface area contributed by atoms with E-state index < -0.39 is 0 Å². The maximum absolute atomic E-state index is 5.57. The average Bonchev–Trinajstić information content (AvgIpc) is 3.13. The van der Waals surface area contributed by atoms with Crippen molar-refractivity contribution in [3.8, 4) is 17.2 Å². The van der Waals surface area contributed by atoms with Crippen LogP contribution in [-0.4, -0.2) is 46.0 Å². The van der Waals surface area contributed by atoms with E-state index in [-0.39, 0.29) is 0 Å². The summed E-state index contributed by atoms with van der Waals surface area (Å²) in [6, 6.07) is 20.1. The summed E-state index contributed by atoms with van der Waals surface area (Å²) in [7, 11) is 5.35. The number of rotatable bonds is 7. The van der Waals surface area contributed by atoms with Crippen molar-refractivity contribution in [1.82, 2.24) is 24.7 Å². The van der Waals surface area contributed by atoms with E-state index in [1.807, 2.05) is 43.4 Å². The van der Waals surface area contributed by atoms with Crippen LogP contribution in [0.3, 0.4) is 0 Å². The molecular formula is C22H23N5O2S. The fourth-order valence-electron chi connectivity index (χ4n) is 3.34. The monoisotopic (exact) mass is 421 g/mol. The lowest BCUT2D eigenvalue weighted by Crippen LogP contribution is -2.22. The van der Waals surface area contributed by atoms with E-state index in [2.05, 4.69) is 39.6 Å². The first-order valence-electron chi connectivity index (χ1n) is 9.50. The molecular weight excluding hydrogens is 398 g/mol. The van der Waals surface area contributed by atoms with Gasteiger partial charge in [0, 0.05) is 6.54 Å². The predicted molar refractivity (Wildman–Crippen MR) is 119 cm³/mol. The number of hydrogen-bond donors (Lipinski definition) is 0. The maximum atomic E-state index is 5.57. The van der Waals surface area contributed by atoms with E-state index in [1.165, 1.54) is 10.9 Å². The molecule has 0 unspecified atom stereocenters. The highest BCUT2D eigenvalue weighted by molar-refractivity contribution is 7.71. The van der Waals surface area contributed by atoms with Crippen molar-refractivity contribution >= 4 is 23.0 Å². The van der Waals surface area contributed by atoms with Gasteiger partial charge < -0.3 is 9.47 Å². The van der Waals surface area contributed by atoms with Crippen molar-refractivity contribution in [2.24, 2.45) is 0 Å². The zero-order valence-electron chi connectivity index (χ0n) is 17.1. The Labute approximate surface area is 180 Å².